The van der Waals surface area contributed by atoms with Crippen LogP contribution in [-0.4, -0.2) is 21.5 Å². The van der Waals surface area contributed by atoms with Gasteiger partial charge >= 0.3 is 0 Å². The first-order valence-electron chi connectivity index (χ1n) is 6.58. The van der Waals surface area contributed by atoms with Gasteiger partial charge in [0.1, 0.15) is 17.5 Å². The second-order valence-corrected chi connectivity index (χ2v) is 4.85. The van der Waals surface area contributed by atoms with E-state index in [-0.39, 0.29) is 0 Å². The van der Waals surface area contributed by atoms with Crippen LogP contribution in [0.25, 0.3) is 0 Å². The number of rotatable bonds is 5. The monoisotopic (exact) mass is 255 g/mol. The molecular formula is C14H17N5. The van der Waals surface area contributed by atoms with Crippen LogP contribution in [0, 0.1) is 0 Å². The number of hydrogen-bond donors (Lipinski definition) is 2. The third kappa shape index (κ3) is 3.19. The summed E-state index contributed by atoms with van der Waals surface area (Å²) in [6.45, 7) is 0.812. The molecule has 2 aromatic rings. The van der Waals surface area contributed by atoms with Gasteiger partial charge in [-0.05, 0) is 30.9 Å². The molecule has 2 heterocycles. The van der Waals surface area contributed by atoms with Crippen LogP contribution >= 0.6 is 0 Å². The molecule has 1 saturated carbocycles. The SMILES string of the molecule is Nc1cc(NCCc2cccnc2)nc(C2CC2)n1. The van der Waals surface area contributed by atoms with E-state index in [2.05, 4.69) is 26.3 Å². The molecule has 1 aliphatic rings. The smallest absolute Gasteiger partial charge is 0.136 e. The highest BCUT2D eigenvalue weighted by atomic mass is 15.1. The van der Waals surface area contributed by atoms with Crippen molar-refractivity contribution in [1.82, 2.24) is 15.0 Å². The Bertz CT molecular complexity index is 551. The van der Waals surface area contributed by atoms with Crippen molar-refractivity contribution in [3.63, 3.8) is 0 Å². The number of anilines is 2. The van der Waals surface area contributed by atoms with Gasteiger partial charge in [-0.1, -0.05) is 6.07 Å². The molecule has 1 aliphatic carbocycles. The number of nitrogens with two attached hydrogens (primary N) is 1. The number of aromatic nitrogens is 3. The van der Waals surface area contributed by atoms with Gasteiger partial charge in [-0.25, -0.2) is 9.97 Å². The number of nitrogens with zero attached hydrogens (tertiary/aromatic N) is 3. The van der Waals surface area contributed by atoms with E-state index in [1.807, 2.05) is 12.3 Å². The van der Waals surface area contributed by atoms with Gasteiger partial charge in [0.05, 0.1) is 0 Å². The van der Waals surface area contributed by atoms with E-state index in [0.29, 0.717) is 11.7 Å². The number of pyridine rings is 1. The van der Waals surface area contributed by atoms with E-state index in [4.69, 9.17) is 5.73 Å². The largest absolute Gasteiger partial charge is 0.384 e. The first-order chi connectivity index (χ1) is 9.31. The first-order valence-corrected chi connectivity index (χ1v) is 6.58. The molecule has 5 heteroatoms. The first kappa shape index (κ1) is 11.9. The molecule has 0 radical (unpaired) electrons. The van der Waals surface area contributed by atoms with Crippen LogP contribution < -0.4 is 11.1 Å². The van der Waals surface area contributed by atoms with Crippen LogP contribution in [0.5, 0.6) is 0 Å². The van der Waals surface area contributed by atoms with Crippen molar-refractivity contribution < 1.29 is 0 Å². The van der Waals surface area contributed by atoms with Crippen molar-refractivity contribution >= 4 is 11.6 Å². The Morgan fingerprint density at radius 1 is 1.32 bits per heavy atom. The summed E-state index contributed by atoms with van der Waals surface area (Å²) in [4.78, 5) is 12.9. The Morgan fingerprint density at radius 3 is 2.95 bits per heavy atom. The third-order valence-corrected chi connectivity index (χ3v) is 3.15. The molecule has 0 amide bonds. The zero-order chi connectivity index (χ0) is 13.1. The molecule has 98 valence electrons. The molecule has 3 N–H and O–H groups in total. The highest BCUT2D eigenvalue weighted by Gasteiger charge is 2.27. The lowest BCUT2D eigenvalue weighted by Gasteiger charge is -2.08. The molecule has 0 spiro atoms. The van der Waals surface area contributed by atoms with E-state index in [1.165, 1.54) is 18.4 Å². The maximum absolute atomic E-state index is 5.81. The van der Waals surface area contributed by atoms with Gasteiger partial charge in [-0.2, -0.15) is 0 Å². The zero-order valence-corrected chi connectivity index (χ0v) is 10.7. The van der Waals surface area contributed by atoms with E-state index < -0.39 is 0 Å². The Hall–Kier alpha value is -2.17. The van der Waals surface area contributed by atoms with Crippen molar-refractivity contribution in [2.24, 2.45) is 0 Å². The van der Waals surface area contributed by atoms with E-state index in [9.17, 15) is 0 Å². The van der Waals surface area contributed by atoms with Crippen molar-refractivity contribution in [3.8, 4) is 0 Å². The minimum atomic E-state index is 0.516. The molecule has 0 unspecified atom stereocenters. The molecule has 0 aromatic carbocycles. The summed E-state index contributed by atoms with van der Waals surface area (Å²) in [5, 5.41) is 3.30. The standard InChI is InChI=1S/C14H17N5/c15-12-8-13(19-14(18-12)11-3-4-11)17-7-5-10-2-1-6-16-9-10/h1-2,6,8-9,11H,3-5,7H2,(H3,15,17,18,19). The summed E-state index contributed by atoms with van der Waals surface area (Å²) in [5.41, 5.74) is 7.01. The number of nitrogens with one attached hydrogen (secondary N) is 1. The quantitative estimate of drug-likeness (QED) is 0.854. The Labute approximate surface area is 112 Å². The summed E-state index contributed by atoms with van der Waals surface area (Å²) < 4.78 is 0. The van der Waals surface area contributed by atoms with Gasteiger partial charge in [0.2, 0.25) is 0 Å². The number of hydrogen-bond acceptors (Lipinski definition) is 5. The van der Waals surface area contributed by atoms with E-state index in [0.717, 1.165) is 24.6 Å². The molecular weight excluding hydrogens is 238 g/mol. The fourth-order valence-corrected chi connectivity index (χ4v) is 1.98. The van der Waals surface area contributed by atoms with Gasteiger partial charge in [-0.15, -0.1) is 0 Å². The average molecular weight is 255 g/mol. The molecule has 19 heavy (non-hydrogen) atoms. The molecule has 5 nitrogen and oxygen atoms in total. The number of nitrogen functional groups attached to an aromatic ring is 1. The maximum atomic E-state index is 5.81. The maximum Gasteiger partial charge on any atom is 0.136 e. The van der Waals surface area contributed by atoms with E-state index >= 15 is 0 Å². The minimum Gasteiger partial charge on any atom is -0.384 e. The summed E-state index contributed by atoms with van der Waals surface area (Å²) in [6, 6.07) is 5.80. The van der Waals surface area contributed by atoms with Crippen molar-refractivity contribution in [3.05, 3.63) is 42.0 Å². The summed E-state index contributed by atoms with van der Waals surface area (Å²) >= 11 is 0. The highest BCUT2D eigenvalue weighted by molar-refractivity contribution is 5.45. The molecule has 0 aliphatic heterocycles. The van der Waals surface area contributed by atoms with Gasteiger partial charge in [-0.3, -0.25) is 4.98 Å². The predicted octanol–water partition coefficient (Wildman–Crippen LogP) is 1.99. The second-order valence-electron chi connectivity index (χ2n) is 4.85. The van der Waals surface area contributed by atoms with Crippen LogP contribution in [0.15, 0.2) is 30.6 Å². The van der Waals surface area contributed by atoms with Crippen LogP contribution in [0.3, 0.4) is 0 Å². The average Bonchev–Trinajstić information content (AvgIpc) is 3.24. The minimum absolute atomic E-state index is 0.516. The summed E-state index contributed by atoms with van der Waals surface area (Å²) in [5.74, 6) is 2.75. The summed E-state index contributed by atoms with van der Waals surface area (Å²) in [7, 11) is 0. The van der Waals surface area contributed by atoms with Gasteiger partial charge in [0.15, 0.2) is 0 Å². The summed E-state index contributed by atoms with van der Waals surface area (Å²) in [6.07, 6.45) is 6.93. The van der Waals surface area contributed by atoms with Crippen LogP contribution in [-0.2, 0) is 6.42 Å². The molecule has 0 saturated heterocycles. The fourth-order valence-electron chi connectivity index (χ4n) is 1.98. The van der Waals surface area contributed by atoms with Crippen LogP contribution in [0.4, 0.5) is 11.6 Å². The van der Waals surface area contributed by atoms with Gasteiger partial charge in [0.25, 0.3) is 0 Å². The lowest BCUT2D eigenvalue weighted by molar-refractivity contribution is 0.918. The van der Waals surface area contributed by atoms with Crippen LogP contribution in [0.1, 0.15) is 30.1 Å². The van der Waals surface area contributed by atoms with Crippen molar-refractivity contribution in [1.29, 1.82) is 0 Å². The van der Waals surface area contributed by atoms with Crippen molar-refractivity contribution in [2.45, 2.75) is 25.2 Å². The van der Waals surface area contributed by atoms with Gasteiger partial charge in [0, 0.05) is 30.9 Å². The Morgan fingerprint density at radius 2 is 2.21 bits per heavy atom. The second kappa shape index (κ2) is 5.22. The normalized spacial score (nSPS) is 14.3. The molecule has 3 rings (SSSR count). The molecule has 0 atom stereocenters. The Balaban J connectivity index is 1.60. The highest BCUT2D eigenvalue weighted by Crippen LogP contribution is 2.38. The zero-order valence-electron chi connectivity index (χ0n) is 10.7. The topological polar surface area (TPSA) is 76.7 Å². The molecule has 2 aromatic heterocycles. The molecule has 1 fully saturated rings. The van der Waals surface area contributed by atoms with E-state index in [1.54, 1.807) is 12.3 Å². The predicted molar refractivity (Wildman–Crippen MR) is 74.9 cm³/mol. The lowest BCUT2D eigenvalue weighted by Crippen LogP contribution is -2.09. The molecule has 0 bridgehead atoms. The van der Waals surface area contributed by atoms with Crippen LogP contribution in [0.2, 0.25) is 0 Å². The van der Waals surface area contributed by atoms with Gasteiger partial charge < -0.3 is 11.1 Å². The van der Waals surface area contributed by atoms with Crippen molar-refractivity contribution in [2.75, 3.05) is 17.6 Å². The lowest BCUT2D eigenvalue weighted by atomic mass is 10.2. The fraction of sp³-hybridized carbons (Fsp3) is 0.357. The third-order valence-electron chi connectivity index (χ3n) is 3.15. The Kier molecular flexibility index (Phi) is 3.27.